The van der Waals surface area contributed by atoms with E-state index in [4.69, 9.17) is 14.2 Å². The number of rotatable bonds is 9. The van der Waals surface area contributed by atoms with Crippen molar-refractivity contribution in [1.82, 2.24) is 9.97 Å². The molecule has 0 spiro atoms. The number of amides is 1. The Kier molecular flexibility index (Phi) is 7.21. The first-order chi connectivity index (χ1) is 16.0. The topological polar surface area (TPSA) is 82.6 Å². The molecule has 0 aliphatic rings. The van der Waals surface area contributed by atoms with Gasteiger partial charge in [0, 0.05) is 16.3 Å². The third-order valence-corrected chi connectivity index (χ3v) is 6.39. The number of hydrogen-bond donors (Lipinski definition) is 1. The molecule has 0 aliphatic heterocycles. The van der Waals surface area contributed by atoms with E-state index in [9.17, 15) is 4.79 Å². The largest absolute Gasteiger partial charge is 0.497 e. The number of aryl methyl sites for hydroxylation is 1. The van der Waals surface area contributed by atoms with Crippen LogP contribution >= 0.6 is 22.7 Å². The van der Waals surface area contributed by atoms with Gasteiger partial charge in [-0.2, -0.15) is 0 Å². The highest BCUT2D eigenvalue weighted by Crippen LogP contribution is 2.35. The van der Waals surface area contributed by atoms with Crippen LogP contribution in [0.3, 0.4) is 0 Å². The Morgan fingerprint density at radius 1 is 0.970 bits per heavy atom. The average Bonchev–Trinajstić information content (AvgIpc) is 3.47. The minimum atomic E-state index is -0.176. The van der Waals surface area contributed by atoms with Crippen LogP contribution in [0.5, 0.6) is 17.2 Å². The van der Waals surface area contributed by atoms with Gasteiger partial charge in [0.05, 0.1) is 32.0 Å². The number of hydrogen-bond acceptors (Lipinski definition) is 8. The van der Waals surface area contributed by atoms with Crippen molar-refractivity contribution in [3.05, 3.63) is 69.5 Å². The van der Waals surface area contributed by atoms with Gasteiger partial charge in [0.2, 0.25) is 5.91 Å². The summed E-state index contributed by atoms with van der Waals surface area (Å²) in [7, 11) is 3.21. The van der Waals surface area contributed by atoms with Crippen molar-refractivity contribution in [2.45, 2.75) is 20.0 Å². The molecule has 0 radical (unpaired) electrons. The molecule has 1 N–H and O–H groups in total. The number of benzene rings is 2. The molecule has 4 aromatic rings. The quantitative estimate of drug-likeness (QED) is 0.347. The molecule has 0 saturated heterocycles. The molecule has 170 valence electrons. The minimum Gasteiger partial charge on any atom is -0.497 e. The number of carbonyl (C=O) groups is 1. The highest BCUT2D eigenvalue weighted by molar-refractivity contribution is 7.14. The Hall–Kier alpha value is -3.43. The predicted molar refractivity (Wildman–Crippen MR) is 131 cm³/mol. The fraction of sp³-hybridized carbons (Fsp3) is 0.208. The molecular formula is C24H23N3O4S2. The van der Waals surface area contributed by atoms with Crippen molar-refractivity contribution in [3.63, 3.8) is 0 Å². The molecule has 2 aromatic heterocycles. The number of carbonyl (C=O) groups excluding carboxylic acids is 1. The number of nitrogens with one attached hydrogen (secondary N) is 1. The molecule has 9 heteroatoms. The summed E-state index contributed by atoms with van der Waals surface area (Å²) in [4.78, 5) is 21.6. The molecule has 7 nitrogen and oxygen atoms in total. The summed E-state index contributed by atoms with van der Waals surface area (Å²) in [6, 6.07) is 13.4. The molecule has 0 saturated carbocycles. The summed E-state index contributed by atoms with van der Waals surface area (Å²) in [5.74, 6) is 2.00. The van der Waals surface area contributed by atoms with Gasteiger partial charge >= 0.3 is 0 Å². The Labute approximate surface area is 200 Å². The number of anilines is 1. The van der Waals surface area contributed by atoms with Crippen LogP contribution in [0.4, 0.5) is 5.13 Å². The van der Waals surface area contributed by atoms with Gasteiger partial charge in [-0.05, 0) is 37.3 Å². The molecule has 0 bridgehead atoms. The van der Waals surface area contributed by atoms with Gasteiger partial charge in [-0.25, -0.2) is 9.97 Å². The second-order valence-corrected chi connectivity index (χ2v) is 8.96. The molecule has 0 unspecified atom stereocenters. The van der Waals surface area contributed by atoms with Gasteiger partial charge in [-0.1, -0.05) is 17.7 Å². The second kappa shape index (κ2) is 10.5. The molecule has 4 rings (SSSR count). The summed E-state index contributed by atoms with van der Waals surface area (Å²) in [5.41, 5.74) is 3.38. The third kappa shape index (κ3) is 5.88. The van der Waals surface area contributed by atoms with Gasteiger partial charge in [-0.3, -0.25) is 4.79 Å². The van der Waals surface area contributed by atoms with Gasteiger partial charge in [-0.15, -0.1) is 22.7 Å². The molecular weight excluding hydrogens is 458 g/mol. The Morgan fingerprint density at radius 3 is 2.52 bits per heavy atom. The summed E-state index contributed by atoms with van der Waals surface area (Å²) in [6.45, 7) is 2.40. The highest BCUT2D eigenvalue weighted by Gasteiger charge is 2.14. The van der Waals surface area contributed by atoms with E-state index in [2.05, 4.69) is 15.3 Å². The molecule has 0 atom stereocenters. The zero-order valence-corrected chi connectivity index (χ0v) is 20.1. The maximum absolute atomic E-state index is 12.5. The van der Waals surface area contributed by atoms with E-state index in [1.165, 1.54) is 28.2 Å². The van der Waals surface area contributed by atoms with Crippen molar-refractivity contribution in [1.29, 1.82) is 0 Å². The lowest BCUT2D eigenvalue weighted by Gasteiger charge is -2.08. The van der Waals surface area contributed by atoms with E-state index in [0.717, 1.165) is 16.3 Å². The summed E-state index contributed by atoms with van der Waals surface area (Å²) in [5, 5.41) is 7.93. The van der Waals surface area contributed by atoms with Crippen molar-refractivity contribution < 1.29 is 19.0 Å². The van der Waals surface area contributed by atoms with E-state index in [0.29, 0.717) is 34.6 Å². The van der Waals surface area contributed by atoms with E-state index >= 15 is 0 Å². The zero-order valence-electron chi connectivity index (χ0n) is 18.5. The van der Waals surface area contributed by atoms with Gasteiger partial charge < -0.3 is 19.5 Å². The lowest BCUT2D eigenvalue weighted by Crippen LogP contribution is -2.14. The van der Waals surface area contributed by atoms with Gasteiger partial charge in [0.1, 0.15) is 28.9 Å². The lowest BCUT2D eigenvalue weighted by molar-refractivity contribution is -0.115. The van der Waals surface area contributed by atoms with E-state index in [1.807, 2.05) is 60.1 Å². The summed E-state index contributed by atoms with van der Waals surface area (Å²) in [6.07, 6.45) is 0.165. The average molecular weight is 482 g/mol. The lowest BCUT2D eigenvalue weighted by atomic mass is 10.1. The first-order valence-electron chi connectivity index (χ1n) is 10.1. The second-order valence-electron chi connectivity index (χ2n) is 7.16. The van der Waals surface area contributed by atoms with E-state index in [-0.39, 0.29) is 12.3 Å². The maximum atomic E-state index is 12.5. The van der Waals surface area contributed by atoms with Crippen LogP contribution in [0.2, 0.25) is 0 Å². The van der Waals surface area contributed by atoms with Gasteiger partial charge in [0.15, 0.2) is 5.13 Å². The van der Waals surface area contributed by atoms with Crippen LogP contribution in [-0.4, -0.2) is 30.1 Å². The van der Waals surface area contributed by atoms with Crippen LogP contribution in [0.1, 0.15) is 16.3 Å². The minimum absolute atomic E-state index is 0.165. The number of nitrogens with zero attached hydrogens (tertiary/aromatic N) is 2. The van der Waals surface area contributed by atoms with E-state index in [1.54, 1.807) is 14.2 Å². The number of aromatic nitrogens is 2. The molecule has 2 heterocycles. The monoisotopic (exact) mass is 481 g/mol. The van der Waals surface area contributed by atoms with Crippen LogP contribution in [0.25, 0.3) is 11.3 Å². The fourth-order valence-corrected chi connectivity index (χ4v) is 4.50. The standard InChI is InChI=1S/C24H23N3O4S2/c1-15-4-6-17(7-5-15)31-12-23-25-16(13-32-23)10-22(28)27-24-26-20(14-33-24)19-11-18(29-2)8-9-21(19)30-3/h4-9,11,13-14H,10,12H2,1-3H3,(H,26,27,28). The van der Waals surface area contributed by atoms with Gasteiger partial charge in [0.25, 0.3) is 0 Å². The molecule has 0 aliphatic carbocycles. The highest BCUT2D eigenvalue weighted by atomic mass is 32.1. The number of thiazole rings is 2. The van der Waals surface area contributed by atoms with Crippen LogP contribution < -0.4 is 19.5 Å². The molecule has 0 fully saturated rings. The third-order valence-electron chi connectivity index (χ3n) is 4.76. The zero-order chi connectivity index (χ0) is 23.2. The Balaban J connectivity index is 1.34. The van der Waals surface area contributed by atoms with E-state index < -0.39 is 0 Å². The van der Waals surface area contributed by atoms with Crippen molar-refractivity contribution in [2.75, 3.05) is 19.5 Å². The smallest absolute Gasteiger partial charge is 0.232 e. The Bertz CT molecular complexity index is 1230. The van der Waals surface area contributed by atoms with Crippen LogP contribution in [-0.2, 0) is 17.8 Å². The Morgan fingerprint density at radius 2 is 1.76 bits per heavy atom. The predicted octanol–water partition coefficient (Wildman–Crippen LogP) is 5.35. The molecule has 2 aromatic carbocycles. The normalized spacial score (nSPS) is 10.6. The summed E-state index contributed by atoms with van der Waals surface area (Å²) < 4.78 is 16.5. The van der Waals surface area contributed by atoms with Crippen molar-refractivity contribution in [2.24, 2.45) is 0 Å². The first kappa shape index (κ1) is 22.8. The first-order valence-corrected chi connectivity index (χ1v) is 11.9. The fourth-order valence-electron chi connectivity index (χ4n) is 3.07. The summed E-state index contributed by atoms with van der Waals surface area (Å²) >= 11 is 2.82. The molecule has 33 heavy (non-hydrogen) atoms. The number of methoxy groups -OCH3 is 2. The van der Waals surface area contributed by atoms with Crippen molar-refractivity contribution in [3.8, 4) is 28.5 Å². The maximum Gasteiger partial charge on any atom is 0.232 e. The van der Waals surface area contributed by atoms with Crippen LogP contribution in [0.15, 0.2) is 53.2 Å². The number of ether oxygens (including phenoxy) is 3. The van der Waals surface area contributed by atoms with Crippen LogP contribution in [0, 0.1) is 6.92 Å². The molecule has 1 amide bonds. The van der Waals surface area contributed by atoms with Crippen molar-refractivity contribution >= 4 is 33.7 Å². The SMILES string of the molecule is COc1ccc(OC)c(-c2csc(NC(=O)Cc3csc(COc4ccc(C)cc4)n3)n2)c1.